The van der Waals surface area contributed by atoms with Gasteiger partial charge >= 0.3 is 0 Å². The summed E-state index contributed by atoms with van der Waals surface area (Å²) in [6, 6.07) is 3.28. The van der Waals surface area contributed by atoms with Crippen molar-refractivity contribution in [3.8, 4) is 0 Å². The van der Waals surface area contributed by atoms with Gasteiger partial charge in [-0.25, -0.2) is 9.37 Å². The van der Waals surface area contributed by atoms with Gasteiger partial charge in [-0.15, -0.1) is 0 Å². The lowest BCUT2D eigenvalue weighted by molar-refractivity contribution is 0.336. The van der Waals surface area contributed by atoms with Gasteiger partial charge in [0, 0.05) is 18.0 Å². The third kappa shape index (κ3) is 2.10. The van der Waals surface area contributed by atoms with Crippen molar-refractivity contribution < 1.29 is 8.81 Å². The van der Waals surface area contributed by atoms with Crippen LogP contribution in [0.1, 0.15) is 31.6 Å². The number of hydrogen-bond donors (Lipinski definition) is 1. The lowest BCUT2D eigenvalue weighted by Gasteiger charge is -2.25. The van der Waals surface area contributed by atoms with Gasteiger partial charge in [0.15, 0.2) is 11.5 Å². The largest absolute Gasteiger partial charge is 0.440 e. The van der Waals surface area contributed by atoms with Crippen molar-refractivity contribution in [1.82, 2.24) is 10.3 Å². The number of rotatable bonds is 1. The predicted octanol–water partition coefficient (Wildman–Crippen LogP) is 3.48. The zero-order valence-corrected chi connectivity index (χ0v) is 10.8. The normalized spacial score (nSPS) is 24.6. The molecule has 3 nitrogen and oxygen atoms in total. The molecule has 2 unspecified atom stereocenters. The Morgan fingerprint density at radius 1 is 1.50 bits per heavy atom. The molecule has 96 valence electrons. The van der Waals surface area contributed by atoms with E-state index >= 15 is 0 Å². The first-order chi connectivity index (χ1) is 8.63. The number of hydrogen-bond acceptors (Lipinski definition) is 3. The second-order valence-electron chi connectivity index (χ2n) is 4.86. The van der Waals surface area contributed by atoms with E-state index in [0.717, 1.165) is 19.4 Å². The standard InChI is InChI=1S/C13H14ClFN2O/c1-7-4-8(2-3-16-7)13-17-11-5-9(14)10(15)6-12(11)18-13/h5-8,16H,2-4H2,1H3. The van der Waals surface area contributed by atoms with Crippen molar-refractivity contribution in [3.05, 3.63) is 28.9 Å². The van der Waals surface area contributed by atoms with Gasteiger partial charge in [0.1, 0.15) is 11.3 Å². The van der Waals surface area contributed by atoms with E-state index in [1.54, 1.807) is 0 Å². The first-order valence-electron chi connectivity index (χ1n) is 6.12. The minimum atomic E-state index is -0.467. The lowest BCUT2D eigenvalue weighted by Crippen LogP contribution is -2.34. The third-order valence-electron chi connectivity index (χ3n) is 3.42. The Kier molecular flexibility index (Phi) is 2.99. The maximum Gasteiger partial charge on any atom is 0.198 e. The van der Waals surface area contributed by atoms with E-state index in [-0.39, 0.29) is 5.02 Å². The number of halogens is 2. The Balaban J connectivity index is 1.97. The van der Waals surface area contributed by atoms with E-state index < -0.39 is 5.82 Å². The third-order valence-corrected chi connectivity index (χ3v) is 3.71. The van der Waals surface area contributed by atoms with Crippen LogP contribution in [0.25, 0.3) is 11.1 Å². The molecule has 2 heterocycles. The first kappa shape index (κ1) is 11.9. The predicted molar refractivity (Wildman–Crippen MR) is 68.4 cm³/mol. The van der Waals surface area contributed by atoms with E-state index in [1.165, 1.54) is 12.1 Å². The summed E-state index contributed by atoms with van der Waals surface area (Å²) >= 11 is 5.74. The minimum absolute atomic E-state index is 0.0843. The highest BCUT2D eigenvalue weighted by Gasteiger charge is 2.24. The van der Waals surface area contributed by atoms with Crippen molar-refractivity contribution in [2.24, 2.45) is 0 Å². The van der Waals surface area contributed by atoms with Gasteiger partial charge in [0.05, 0.1) is 5.02 Å². The molecule has 0 bridgehead atoms. The van der Waals surface area contributed by atoms with Gasteiger partial charge in [-0.1, -0.05) is 11.6 Å². The van der Waals surface area contributed by atoms with Crippen molar-refractivity contribution in [2.75, 3.05) is 6.54 Å². The molecular formula is C13H14ClFN2O. The average molecular weight is 269 g/mol. The molecule has 1 aliphatic heterocycles. The highest BCUT2D eigenvalue weighted by molar-refractivity contribution is 6.31. The van der Waals surface area contributed by atoms with Crippen molar-refractivity contribution in [2.45, 2.75) is 31.7 Å². The molecule has 0 radical (unpaired) electrons. The molecule has 2 aromatic rings. The van der Waals surface area contributed by atoms with Gasteiger partial charge in [-0.05, 0) is 32.4 Å². The smallest absolute Gasteiger partial charge is 0.198 e. The second-order valence-corrected chi connectivity index (χ2v) is 5.27. The summed E-state index contributed by atoms with van der Waals surface area (Å²) in [5.74, 6) is 0.529. The van der Waals surface area contributed by atoms with E-state index in [4.69, 9.17) is 16.0 Å². The molecule has 18 heavy (non-hydrogen) atoms. The molecule has 0 aliphatic carbocycles. The molecule has 0 amide bonds. The van der Waals surface area contributed by atoms with Gasteiger partial charge in [-0.2, -0.15) is 0 Å². The molecule has 1 aromatic carbocycles. The summed E-state index contributed by atoms with van der Waals surface area (Å²) < 4.78 is 19.0. The maximum absolute atomic E-state index is 13.3. The summed E-state index contributed by atoms with van der Waals surface area (Å²) in [7, 11) is 0. The van der Waals surface area contributed by atoms with Gasteiger partial charge in [-0.3, -0.25) is 0 Å². The molecular weight excluding hydrogens is 255 g/mol. The molecule has 1 aliphatic rings. The molecule has 1 aromatic heterocycles. The van der Waals surface area contributed by atoms with E-state index in [0.29, 0.717) is 29.0 Å². The fraction of sp³-hybridized carbons (Fsp3) is 0.462. The number of piperidine rings is 1. The quantitative estimate of drug-likeness (QED) is 0.861. The van der Waals surface area contributed by atoms with Crippen LogP contribution in [0.5, 0.6) is 0 Å². The lowest BCUT2D eigenvalue weighted by atomic mass is 9.93. The topological polar surface area (TPSA) is 38.1 Å². The Hall–Kier alpha value is -1.13. The molecule has 1 N–H and O–H groups in total. The Morgan fingerprint density at radius 3 is 3.11 bits per heavy atom. The molecule has 1 saturated heterocycles. The summed E-state index contributed by atoms with van der Waals surface area (Å²) in [5, 5.41) is 3.47. The zero-order chi connectivity index (χ0) is 12.7. The van der Waals surface area contributed by atoms with Crippen LogP contribution >= 0.6 is 11.6 Å². The van der Waals surface area contributed by atoms with Crippen LogP contribution in [-0.4, -0.2) is 17.6 Å². The van der Waals surface area contributed by atoms with Gasteiger partial charge in [0.2, 0.25) is 0 Å². The van der Waals surface area contributed by atoms with Crippen LogP contribution in [-0.2, 0) is 0 Å². The SMILES string of the molecule is CC1CC(c2nc3cc(Cl)c(F)cc3o2)CCN1. The monoisotopic (exact) mass is 268 g/mol. The van der Waals surface area contributed by atoms with Crippen LogP contribution in [0.3, 0.4) is 0 Å². The van der Waals surface area contributed by atoms with Crippen LogP contribution in [0, 0.1) is 5.82 Å². The van der Waals surface area contributed by atoms with Crippen molar-refractivity contribution in [1.29, 1.82) is 0 Å². The Bertz CT molecular complexity index is 545. The van der Waals surface area contributed by atoms with E-state index in [1.807, 2.05) is 0 Å². The Labute approximate surface area is 109 Å². The summed E-state index contributed by atoms with van der Waals surface area (Å²) in [6.45, 7) is 3.10. The molecule has 5 heteroatoms. The zero-order valence-electron chi connectivity index (χ0n) is 10.0. The number of oxazole rings is 1. The Morgan fingerprint density at radius 2 is 2.33 bits per heavy atom. The molecule has 0 spiro atoms. The van der Waals surface area contributed by atoms with Crippen molar-refractivity contribution in [3.63, 3.8) is 0 Å². The van der Waals surface area contributed by atoms with Crippen LogP contribution in [0.2, 0.25) is 5.02 Å². The van der Waals surface area contributed by atoms with Crippen LogP contribution < -0.4 is 5.32 Å². The highest BCUT2D eigenvalue weighted by Crippen LogP contribution is 2.31. The second kappa shape index (κ2) is 4.52. The van der Waals surface area contributed by atoms with Crippen LogP contribution in [0.4, 0.5) is 4.39 Å². The summed E-state index contributed by atoms with van der Waals surface area (Å²) in [6.07, 6.45) is 1.98. The number of nitrogens with zero attached hydrogens (tertiary/aromatic N) is 1. The molecule has 0 saturated carbocycles. The van der Waals surface area contributed by atoms with Gasteiger partial charge < -0.3 is 9.73 Å². The number of benzene rings is 1. The fourth-order valence-electron chi connectivity index (χ4n) is 2.47. The number of fused-ring (bicyclic) bond motifs is 1. The number of aromatic nitrogens is 1. The minimum Gasteiger partial charge on any atom is -0.440 e. The molecule has 1 fully saturated rings. The first-order valence-corrected chi connectivity index (χ1v) is 6.50. The van der Waals surface area contributed by atoms with E-state index in [9.17, 15) is 4.39 Å². The fourth-order valence-corrected chi connectivity index (χ4v) is 2.63. The van der Waals surface area contributed by atoms with E-state index in [2.05, 4.69) is 17.2 Å². The maximum atomic E-state index is 13.3. The van der Waals surface area contributed by atoms with Crippen LogP contribution in [0.15, 0.2) is 16.5 Å². The summed E-state index contributed by atoms with van der Waals surface area (Å²) in [5.41, 5.74) is 1.10. The highest BCUT2D eigenvalue weighted by atomic mass is 35.5. The average Bonchev–Trinajstić information content (AvgIpc) is 2.73. The number of nitrogens with one attached hydrogen (secondary N) is 1. The van der Waals surface area contributed by atoms with Gasteiger partial charge in [0.25, 0.3) is 0 Å². The molecule has 3 rings (SSSR count). The van der Waals surface area contributed by atoms with Crippen molar-refractivity contribution >= 4 is 22.7 Å². The summed E-state index contributed by atoms with van der Waals surface area (Å²) in [4.78, 5) is 4.43. The molecule has 2 atom stereocenters.